The van der Waals surface area contributed by atoms with Crippen LogP contribution in [0.2, 0.25) is 0 Å². The van der Waals surface area contributed by atoms with Gasteiger partial charge in [-0.1, -0.05) is 18.7 Å². The number of hydrogen-bond acceptors (Lipinski definition) is 10. The Kier molecular flexibility index (Phi) is 5.61. The average Bonchev–Trinajstić information content (AvgIpc) is 3.15. The Morgan fingerprint density at radius 1 is 1.42 bits per heavy atom. The summed E-state index contributed by atoms with van der Waals surface area (Å²) in [7, 11) is 0. The van der Waals surface area contributed by atoms with E-state index in [-0.39, 0.29) is 25.4 Å². The van der Waals surface area contributed by atoms with Crippen molar-refractivity contribution in [1.82, 2.24) is 15.5 Å². The van der Waals surface area contributed by atoms with Crippen LogP contribution in [0.5, 0.6) is 0 Å². The molecule has 6 N–H and O–H groups in total. The monoisotopic (exact) mass is 356 g/mol. The second kappa shape index (κ2) is 7.70. The van der Waals surface area contributed by atoms with Crippen LogP contribution in [0.1, 0.15) is 26.2 Å². The van der Waals surface area contributed by atoms with Gasteiger partial charge < -0.3 is 20.7 Å². The van der Waals surface area contributed by atoms with Gasteiger partial charge in [0.05, 0.1) is 25.4 Å². The number of aliphatic hydroxyl groups is 2. The van der Waals surface area contributed by atoms with Crippen molar-refractivity contribution < 1.29 is 14.9 Å². The third-order valence-corrected chi connectivity index (χ3v) is 5.19. The Morgan fingerprint density at radius 2 is 2.25 bits per heavy atom. The molecule has 0 spiro atoms. The fourth-order valence-electron chi connectivity index (χ4n) is 3.00. The molecule has 0 saturated heterocycles. The van der Waals surface area contributed by atoms with E-state index in [2.05, 4.69) is 27.9 Å². The van der Waals surface area contributed by atoms with Crippen molar-refractivity contribution in [2.24, 2.45) is 0 Å². The molecule has 0 aromatic carbocycles. The van der Waals surface area contributed by atoms with Crippen molar-refractivity contribution in [1.29, 1.82) is 0 Å². The largest absolute Gasteiger partial charge is 0.394 e. The van der Waals surface area contributed by atoms with Crippen LogP contribution >= 0.6 is 11.8 Å². The molecule has 3 unspecified atom stereocenters. The number of nitrogens with zero attached hydrogens (tertiary/aromatic N) is 3. The van der Waals surface area contributed by atoms with E-state index in [1.807, 2.05) is 0 Å². The summed E-state index contributed by atoms with van der Waals surface area (Å²) in [5, 5.41) is 21.9. The van der Waals surface area contributed by atoms with Gasteiger partial charge >= 0.3 is 0 Å². The molecule has 2 aliphatic rings. The summed E-state index contributed by atoms with van der Waals surface area (Å²) < 4.78 is 5.51. The molecule has 1 aliphatic heterocycles. The zero-order valence-electron chi connectivity index (χ0n) is 13.6. The normalized spacial score (nSPS) is 25.8. The second-order valence-electron chi connectivity index (χ2n) is 5.81. The molecular weight excluding hydrogens is 332 g/mol. The summed E-state index contributed by atoms with van der Waals surface area (Å²) in [5.74, 6) is 1.95. The van der Waals surface area contributed by atoms with Crippen molar-refractivity contribution >= 4 is 29.1 Å². The maximum absolute atomic E-state index is 10.5. The Hall–Kier alpha value is -1.33. The average molecular weight is 356 g/mol. The van der Waals surface area contributed by atoms with E-state index >= 15 is 0 Å². The van der Waals surface area contributed by atoms with Crippen LogP contribution in [0.4, 0.5) is 17.3 Å². The molecule has 134 valence electrons. The molecule has 0 amide bonds. The van der Waals surface area contributed by atoms with E-state index in [4.69, 9.17) is 15.6 Å². The summed E-state index contributed by atoms with van der Waals surface area (Å²) in [5.41, 5.74) is 12.7. The highest BCUT2D eigenvalue weighted by Crippen LogP contribution is 2.38. The SMILES string of the molecule is CCCSc1nc(N)c2c(n1)N(C1CCC(OCCO)C1O)NN2. The first kappa shape index (κ1) is 17.5. The van der Waals surface area contributed by atoms with Crippen LogP contribution in [0, 0.1) is 0 Å². The van der Waals surface area contributed by atoms with Gasteiger partial charge in [-0.3, -0.25) is 10.4 Å². The van der Waals surface area contributed by atoms with E-state index in [0.717, 1.165) is 25.0 Å². The molecule has 0 bridgehead atoms. The smallest absolute Gasteiger partial charge is 0.191 e. The topological polar surface area (TPSA) is 129 Å². The Morgan fingerprint density at radius 3 is 3.00 bits per heavy atom. The molecule has 1 fully saturated rings. The molecule has 2 heterocycles. The number of aromatic nitrogens is 2. The predicted octanol–water partition coefficient (Wildman–Crippen LogP) is 0.113. The van der Waals surface area contributed by atoms with Gasteiger partial charge in [-0.25, -0.2) is 9.97 Å². The van der Waals surface area contributed by atoms with Crippen molar-refractivity contribution in [3.63, 3.8) is 0 Å². The maximum atomic E-state index is 10.5. The molecule has 3 rings (SSSR count). The number of fused-ring (bicyclic) bond motifs is 1. The highest BCUT2D eigenvalue weighted by molar-refractivity contribution is 7.99. The maximum Gasteiger partial charge on any atom is 0.191 e. The van der Waals surface area contributed by atoms with Crippen molar-refractivity contribution in [3.8, 4) is 0 Å². The fourth-order valence-corrected chi connectivity index (χ4v) is 3.70. The molecule has 3 atom stereocenters. The minimum atomic E-state index is -0.681. The van der Waals surface area contributed by atoms with Crippen molar-refractivity contribution in [3.05, 3.63) is 0 Å². The van der Waals surface area contributed by atoms with Crippen LogP contribution in [0.15, 0.2) is 5.16 Å². The first-order valence-electron chi connectivity index (χ1n) is 8.17. The highest BCUT2D eigenvalue weighted by Gasteiger charge is 2.42. The van der Waals surface area contributed by atoms with E-state index in [1.165, 1.54) is 0 Å². The Balaban J connectivity index is 1.77. The van der Waals surface area contributed by atoms with Crippen LogP contribution in [-0.2, 0) is 4.74 Å². The third-order valence-electron chi connectivity index (χ3n) is 4.14. The Labute approximate surface area is 144 Å². The first-order chi connectivity index (χ1) is 11.7. The predicted molar refractivity (Wildman–Crippen MR) is 92.6 cm³/mol. The van der Waals surface area contributed by atoms with Crippen molar-refractivity contribution in [2.45, 2.75) is 49.6 Å². The highest BCUT2D eigenvalue weighted by atomic mass is 32.2. The fraction of sp³-hybridized carbons (Fsp3) is 0.714. The van der Waals surface area contributed by atoms with Gasteiger partial charge in [0.1, 0.15) is 11.8 Å². The molecule has 0 radical (unpaired) electrons. The van der Waals surface area contributed by atoms with Crippen LogP contribution in [0.25, 0.3) is 0 Å². The number of rotatable bonds is 7. The standard InChI is InChI=1S/C14H24N6O3S/c1-2-7-24-14-16-12(15)10-13(17-14)20(19-18-10)8-3-4-9(11(8)22)23-6-5-21/h8-9,11,18-19,21-22H,2-7H2,1H3,(H2,15,16,17). The number of nitrogen functional groups attached to an aromatic ring is 1. The molecule has 24 heavy (non-hydrogen) atoms. The summed E-state index contributed by atoms with van der Waals surface area (Å²) in [6.45, 7) is 2.27. The molecule has 1 saturated carbocycles. The number of nitrogens with two attached hydrogens (primary N) is 1. The lowest BCUT2D eigenvalue weighted by Gasteiger charge is -2.28. The summed E-state index contributed by atoms with van der Waals surface area (Å²) in [6, 6.07) is -0.194. The van der Waals surface area contributed by atoms with Gasteiger partial charge in [0.15, 0.2) is 16.8 Å². The summed E-state index contributed by atoms with van der Waals surface area (Å²) in [4.78, 5) is 8.88. The number of aliphatic hydroxyl groups excluding tert-OH is 2. The second-order valence-corrected chi connectivity index (χ2v) is 6.88. The lowest BCUT2D eigenvalue weighted by atomic mass is 10.2. The summed E-state index contributed by atoms with van der Waals surface area (Å²) in [6.07, 6.45) is 1.52. The van der Waals surface area contributed by atoms with Gasteiger partial charge in [-0.2, -0.15) is 0 Å². The van der Waals surface area contributed by atoms with E-state index < -0.39 is 6.10 Å². The first-order valence-corrected chi connectivity index (χ1v) is 9.16. The molecular formula is C14H24N6O3S. The van der Waals surface area contributed by atoms with Gasteiger partial charge in [-0.15, -0.1) is 5.53 Å². The number of anilines is 3. The van der Waals surface area contributed by atoms with Gasteiger partial charge in [0.2, 0.25) is 0 Å². The van der Waals surface area contributed by atoms with Crippen LogP contribution < -0.4 is 21.7 Å². The summed E-state index contributed by atoms with van der Waals surface area (Å²) >= 11 is 1.56. The van der Waals surface area contributed by atoms with Crippen molar-refractivity contribution in [2.75, 3.05) is 35.1 Å². The number of nitrogens with one attached hydrogen (secondary N) is 2. The van der Waals surface area contributed by atoms with E-state index in [0.29, 0.717) is 22.5 Å². The zero-order valence-corrected chi connectivity index (χ0v) is 14.4. The number of hydrogen-bond donors (Lipinski definition) is 5. The Bertz CT molecular complexity index is 578. The molecule has 10 heteroatoms. The quantitative estimate of drug-likeness (QED) is 0.339. The van der Waals surface area contributed by atoms with E-state index in [1.54, 1.807) is 16.8 Å². The van der Waals surface area contributed by atoms with Gasteiger partial charge in [0, 0.05) is 5.75 Å². The molecule has 1 aliphatic carbocycles. The minimum absolute atomic E-state index is 0.0536. The van der Waals surface area contributed by atoms with Crippen LogP contribution in [-0.4, -0.2) is 57.4 Å². The molecule has 9 nitrogen and oxygen atoms in total. The minimum Gasteiger partial charge on any atom is -0.394 e. The number of hydrazine groups is 2. The number of ether oxygens (including phenoxy) is 1. The van der Waals surface area contributed by atoms with Gasteiger partial charge in [0.25, 0.3) is 0 Å². The lowest BCUT2D eigenvalue weighted by molar-refractivity contribution is -0.0349. The number of thioether (sulfide) groups is 1. The van der Waals surface area contributed by atoms with Crippen LogP contribution in [0.3, 0.4) is 0 Å². The third kappa shape index (κ3) is 3.38. The van der Waals surface area contributed by atoms with E-state index in [9.17, 15) is 5.11 Å². The molecule has 1 aromatic rings. The lowest BCUT2D eigenvalue weighted by Crippen LogP contribution is -2.50. The van der Waals surface area contributed by atoms with Gasteiger partial charge in [-0.05, 0) is 19.3 Å². The molecule has 1 aromatic heterocycles. The zero-order chi connectivity index (χ0) is 17.1.